The first-order valence-electron chi connectivity index (χ1n) is 14.7. The minimum absolute atomic E-state index is 0.0258. The number of aromatic nitrogens is 1. The van der Waals surface area contributed by atoms with Crippen molar-refractivity contribution < 1.29 is 9.72 Å². The van der Waals surface area contributed by atoms with E-state index in [9.17, 15) is 19.7 Å². The first-order valence-corrected chi connectivity index (χ1v) is 14.7. The maximum atomic E-state index is 14.0. The Labute approximate surface area is 228 Å². The monoisotopic (exact) mass is 531 g/mol. The van der Waals surface area contributed by atoms with E-state index in [0.717, 1.165) is 29.8 Å². The lowest BCUT2D eigenvalue weighted by Crippen LogP contribution is -2.61. The van der Waals surface area contributed by atoms with Gasteiger partial charge in [-0.05, 0) is 81.1 Å². The Morgan fingerprint density at radius 2 is 1.95 bits per heavy atom. The van der Waals surface area contributed by atoms with Crippen LogP contribution in [0, 0.1) is 27.9 Å². The van der Waals surface area contributed by atoms with Crippen molar-refractivity contribution in [3.8, 4) is 0 Å². The number of carbonyl (C=O) groups excluding carboxylic acids is 1. The fourth-order valence-electron chi connectivity index (χ4n) is 8.63. The summed E-state index contributed by atoms with van der Waals surface area (Å²) in [5.41, 5.74) is 3.03. The van der Waals surface area contributed by atoms with E-state index in [1.807, 2.05) is 22.8 Å². The molecule has 39 heavy (non-hydrogen) atoms. The molecule has 9 nitrogen and oxygen atoms in total. The first-order chi connectivity index (χ1) is 19.0. The minimum atomic E-state index is -0.353. The van der Waals surface area contributed by atoms with E-state index in [1.165, 1.54) is 38.8 Å². The van der Waals surface area contributed by atoms with Gasteiger partial charge in [0, 0.05) is 67.2 Å². The van der Waals surface area contributed by atoms with Gasteiger partial charge in [-0.1, -0.05) is 12.5 Å². The lowest BCUT2D eigenvalue weighted by molar-refractivity contribution is -0.384. The number of nitro benzene ring substituents is 1. The number of pyridine rings is 1. The molecule has 3 fully saturated rings. The molecule has 0 saturated carbocycles. The van der Waals surface area contributed by atoms with Gasteiger partial charge in [-0.3, -0.25) is 19.7 Å². The number of amides is 1. The highest BCUT2D eigenvalue weighted by Crippen LogP contribution is 2.47. The molecule has 3 saturated heterocycles. The van der Waals surface area contributed by atoms with Crippen molar-refractivity contribution in [2.24, 2.45) is 17.8 Å². The second-order valence-corrected chi connectivity index (χ2v) is 12.4. The number of rotatable bonds is 4. The molecule has 9 heteroatoms. The zero-order valence-electron chi connectivity index (χ0n) is 22.3. The SMILES string of the molecule is O=C(NC[C@@H]1CCCN2CCCC[C@H]12)[C@@H]1Cc2cc([N+](=O)[O-])ccc2N2C[C@H]3C[C@@H](Cn4c3cccc4=O)[C@@H]12. The van der Waals surface area contributed by atoms with Crippen molar-refractivity contribution in [2.75, 3.05) is 31.1 Å². The zero-order chi connectivity index (χ0) is 26.7. The van der Waals surface area contributed by atoms with E-state index < -0.39 is 0 Å². The van der Waals surface area contributed by atoms with Gasteiger partial charge in [0.2, 0.25) is 5.91 Å². The number of nitrogens with zero attached hydrogens (tertiary/aromatic N) is 4. The molecule has 206 valence electrons. The number of anilines is 1. The van der Waals surface area contributed by atoms with Crippen LogP contribution in [0.15, 0.2) is 41.2 Å². The predicted molar refractivity (Wildman–Crippen MR) is 148 cm³/mol. The average Bonchev–Trinajstić information content (AvgIpc) is 2.95. The van der Waals surface area contributed by atoms with E-state index in [0.29, 0.717) is 38.0 Å². The van der Waals surface area contributed by atoms with Crippen molar-refractivity contribution in [3.63, 3.8) is 0 Å². The fourth-order valence-corrected chi connectivity index (χ4v) is 8.63. The molecular formula is C30H37N5O4. The summed E-state index contributed by atoms with van der Waals surface area (Å²) in [5.74, 6) is 0.585. The van der Waals surface area contributed by atoms with Crippen molar-refractivity contribution in [1.29, 1.82) is 0 Å². The molecule has 0 spiro atoms. The van der Waals surface area contributed by atoms with Crippen LogP contribution in [-0.4, -0.2) is 58.6 Å². The summed E-state index contributed by atoms with van der Waals surface area (Å²) in [7, 11) is 0. The normalized spacial score (nSPS) is 31.3. The van der Waals surface area contributed by atoms with Crippen molar-refractivity contribution in [2.45, 2.75) is 69.5 Å². The number of hydrogen-bond acceptors (Lipinski definition) is 6. The van der Waals surface area contributed by atoms with Gasteiger partial charge in [0.15, 0.2) is 0 Å². The van der Waals surface area contributed by atoms with Crippen LogP contribution in [0.25, 0.3) is 0 Å². The van der Waals surface area contributed by atoms with Gasteiger partial charge < -0.3 is 19.7 Å². The van der Waals surface area contributed by atoms with Crippen LogP contribution in [0.1, 0.15) is 55.7 Å². The van der Waals surface area contributed by atoms with Crippen LogP contribution in [0.3, 0.4) is 0 Å². The second kappa shape index (κ2) is 9.77. The van der Waals surface area contributed by atoms with E-state index in [2.05, 4.69) is 15.1 Å². The number of carbonyl (C=O) groups is 1. The smallest absolute Gasteiger partial charge is 0.269 e. The van der Waals surface area contributed by atoms with Crippen LogP contribution < -0.4 is 15.8 Å². The quantitative estimate of drug-likeness (QED) is 0.480. The summed E-state index contributed by atoms with van der Waals surface area (Å²) in [6.07, 6.45) is 7.54. The summed E-state index contributed by atoms with van der Waals surface area (Å²) in [4.78, 5) is 43.0. The molecule has 6 atom stereocenters. The van der Waals surface area contributed by atoms with E-state index in [1.54, 1.807) is 18.2 Å². The number of benzene rings is 1. The highest BCUT2D eigenvalue weighted by molar-refractivity contribution is 5.82. The van der Waals surface area contributed by atoms with Crippen molar-refractivity contribution >= 4 is 17.3 Å². The third kappa shape index (κ3) is 4.26. The number of fused-ring (bicyclic) bond motifs is 9. The topological polar surface area (TPSA) is 101 Å². The molecule has 0 unspecified atom stereocenters. The lowest BCUT2D eigenvalue weighted by Gasteiger charge is -2.54. The highest BCUT2D eigenvalue weighted by atomic mass is 16.6. The highest BCUT2D eigenvalue weighted by Gasteiger charge is 2.49. The van der Waals surface area contributed by atoms with Gasteiger partial charge in [0.1, 0.15) is 0 Å². The first kappa shape index (κ1) is 24.8. The number of non-ortho nitro benzene ring substituents is 1. The molecule has 1 aromatic carbocycles. The third-order valence-electron chi connectivity index (χ3n) is 10.3. The van der Waals surface area contributed by atoms with Crippen molar-refractivity contribution in [1.82, 2.24) is 14.8 Å². The molecule has 7 rings (SSSR count). The largest absolute Gasteiger partial charge is 0.366 e. The molecule has 1 N–H and O–H groups in total. The Bertz CT molecular complexity index is 1360. The molecule has 1 aromatic heterocycles. The van der Waals surface area contributed by atoms with Gasteiger partial charge in [-0.25, -0.2) is 0 Å². The van der Waals surface area contributed by atoms with Gasteiger partial charge in [0.25, 0.3) is 11.2 Å². The van der Waals surface area contributed by atoms with Crippen molar-refractivity contribution in [3.05, 3.63) is 68.1 Å². The van der Waals surface area contributed by atoms with Gasteiger partial charge in [-0.2, -0.15) is 0 Å². The number of piperidine rings is 3. The Morgan fingerprint density at radius 1 is 1.08 bits per heavy atom. The lowest BCUT2D eigenvalue weighted by atomic mass is 9.70. The zero-order valence-corrected chi connectivity index (χ0v) is 22.3. The van der Waals surface area contributed by atoms with E-state index in [-0.39, 0.29) is 45.9 Å². The Kier molecular flexibility index (Phi) is 6.21. The van der Waals surface area contributed by atoms with Crippen LogP contribution >= 0.6 is 0 Å². The summed E-state index contributed by atoms with van der Waals surface area (Å²) >= 11 is 0. The third-order valence-corrected chi connectivity index (χ3v) is 10.3. The molecule has 5 aliphatic rings. The Morgan fingerprint density at radius 3 is 2.82 bits per heavy atom. The molecular weight excluding hydrogens is 494 g/mol. The standard InChI is InChI=1S/C30H37N5O4/c36-28-8-3-7-26-21-13-22(18-33(26)28)29-24(15-20-14-23(35(38)39)9-10-27(20)34(29)17-21)30(37)31-16-19-5-4-12-32-11-2-1-6-25(19)32/h3,7-10,14,19,21-22,24-25,29H,1-2,4-6,11-13,15-18H2,(H,31,37)/t19-,21+,22-,24+,25+,29-/m0/s1. The minimum Gasteiger partial charge on any atom is -0.366 e. The fraction of sp³-hybridized carbons (Fsp3) is 0.600. The number of nitrogens with one attached hydrogen (secondary N) is 1. The molecule has 6 heterocycles. The van der Waals surface area contributed by atoms with E-state index in [4.69, 9.17) is 0 Å². The maximum Gasteiger partial charge on any atom is 0.269 e. The summed E-state index contributed by atoms with van der Waals surface area (Å²) in [5, 5.41) is 14.9. The Hall–Kier alpha value is -3.20. The molecule has 2 aromatic rings. The molecule has 2 bridgehead atoms. The maximum absolute atomic E-state index is 14.0. The summed E-state index contributed by atoms with van der Waals surface area (Å²) < 4.78 is 1.91. The van der Waals surface area contributed by atoms with Crippen LogP contribution in [0.2, 0.25) is 0 Å². The van der Waals surface area contributed by atoms with Gasteiger partial charge >= 0.3 is 0 Å². The summed E-state index contributed by atoms with van der Waals surface area (Å²) in [6, 6.07) is 11.2. The van der Waals surface area contributed by atoms with Gasteiger partial charge in [0.05, 0.1) is 10.8 Å². The predicted octanol–water partition coefficient (Wildman–Crippen LogP) is 3.30. The van der Waals surface area contributed by atoms with Crippen LogP contribution in [0.4, 0.5) is 11.4 Å². The number of hydrogen-bond donors (Lipinski definition) is 1. The molecule has 1 amide bonds. The second-order valence-electron chi connectivity index (χ2n) is 12.4. The van der Waals surface area contributed by atoms with Gasteiger partial charge in [-0.15, -0.1) is 0 Å². The number of nitro groups is 1. The van der Waals surface area contributed by atoms with E-state index >= 15 is 0 Å². The Balaban J connectivity index is 1.19. The van der Waals surface area contributed by atoms with Crippen LogP contribution in [-0.2, 0) is 17.8 Å². The van der Waals surface area contributed by atoms with Crippen LogP contribution in [0.5, 0.6) is 0 Å². The molecule has 0 aliphatic carbocycles. The average molecular weight is 532 g/mol. The molecule has 0 radical (unpaired) electrons. The molecule has 5 aliphatic heterocycles. The summed E-state index contributed by atoms with van der Waals surface area (Å²) in [6.45, 7) is 4.36.